The van der Waals surface area contributed by atoms with Gasteiger partial charge in [0.15, 0.2) is 0 Å². The minimum absolute atomic E-state index is 0.0141. The zero-order valence-electron chi connectivity index (χ0n) is 22.6. The van der Waals surface area contributed by atoms with E-state index in [1.54, 1.807) is 30.3 Å². The van der Waals surface area contributed by atoms with E-state index in [1.165, 1.54) is 24.1 Å². The predicted octanol–water partition coefficient (Wildman–Crippen LogP) is 4.93. The van der Waals surface area contributed by atoms with E-state index in [1.807, 2.05) is 37.3 Å². The molecule has 0 aliphatic heterocycles. The fourth-order valence-corrected chi connectivity index (χ4v) is 5.39. The van der Waals surface area contributed by atoms with Gasteiger partial charge in [0, 0.05) is 29.6 Å². The molecule has 0 aliphatic rings. The van der Waals surface area contributed by atoms with Crippen molar-refractivity contribution >= 4 is 50.7 Å². The van der Waals surface area contributed by atoms with E-state index in [0.717, 1.165) is 16.1 Å². The summed E-state index contributed by atoms with van der Waals surface area (Å²) in [6, 6.07) is 19.9. The van der Waals surface area contributed by atoms with Gasteiger partial charge >= 0.3 is 0 Å². The Balaban J connectivity index is 2.09. The first-order valence-electron chi connectivity index (χ1n) is 12.7. The van der Waals surface area contributed by atoms with Crippen molar-refractivity contribution in [2.24, 2.45) is 0 Å². The summed E-state index contributed by atoms with van der Waals surface area (Å²) in [6.45, 7) is 1.75. The maximum absolute atomic E-state index is 14.1. The summed E-state index contributed by atoms with van der Waals surface area (Å²) in [6.07, 6.45) is 1.92. The molecule has 3 rings (SSSR count). The largest absolute Gasteiger partial charge is 0.495 e. The predicted molar refractivity (Wildman–Crippen MR) is 159 cm³/mol. The molecule has 0 aliphatic carbocycles. The highest BCUT2D eigenvalue weighted by Crippen LogP contribution is 2.33. The SMILES string of the molecule is CCCNC(=O)[C@@H](Cc1ccccc1)N(Cc1ccccc1Cl)C(=O)CN(c1cc(Cl)ccc1OC)S(C)(=O)=O. The molecule has 3 aromatic carbocycles. The van der Waals surface area contributed by atoms with Gasteiger partial charge in [-0.1, -0.05) is 78.7 Å². The average Bonchev–Trinajstić information content (AvgIpc) is 2.93. The van der Waals surface area contributed by atoms with Crippen LogP contribution in [0.4, 0.5) is 5.69 Å². The summed E-state index contributed by atoms with van der Waals surface area (Å²) in [5.41, 5.74) is 1.57. The van der Waals surface area contributed by atoms with E-state index in [2.05, 4.69) is 5.32 Å². The van der Waals surface area contributed by atoms with Crippen molar-refractivity contribution in [1.82, 2.24) is 10.2 Å². The Hall–Kier alpha value is -3.27. The smallest absolute Gasteiger partial charge is 0.244 e. The molecule has 214 valence electrons. The summed E-state index contributed by atoms with van der Waals surface area (Å²) in [5, 5.41) is 3.58. The Morgan fingerprint density at radius 2 is 1.68 bits per heavy atom. The molecule has 0 aromatic heterocycles. The molecule has 0 radical (unpaired) electrons. The summed E-state index contributed by atoms with van der Waals surface area (Å²) >= 11 is 12.6. The van der Waals surface area contributed by atoms with Crippen molar-refractivity contribution in [2.75, 3.05) is 30.8 Å². The summed E-state index contributed by atoms with van der Waals surface area (Å²) in [5.74, 6) is -0.723. The third-order valence-electron chi connectivity index (χ3n) is 6.21. The third kappa shape index (κ3) is 8.36. The lowest BCUT2D eigenvalue weighted by atomic mass is 10.0. The molecular formula is C29H33Cl2N3O5S. The fraction of sp³-hybridized carbons (Fsp3) is 0.310. The van der Waals surface area contributed by atoms with E-state index >= 15 is 0 Å². The first-order chi connectivity index (χ1) is 19.0. The molecule has 0 spiro atoms. The van der Waals surface area contributed by atoms with Crippen LogP contribution in [0.3, 0.4) is 0 Å². The van der Waals surface area contributed by atoms with Crippen LogP contribution in [0.1, 0.15) is 24.5 Å². The standard InChI is InChI=1S/C29H33Cl2N3O5S/c1-4-16-32-29(36)26(17-21-10-6-5-7-11-21)33(19-22-12-8-9-13-24(22)31)28(35)20-34(40(3,37)38)25-18-23(30)14-15-27(25)39-2/h5-15,18,26H,4,16-17,19-20H2,1-3H3,(H,32,36)/t26-/m1/s1. The Kier molecular flexibility index (Phi) is 11.2. The molecule has 0 unspecified atom stereocenters. The number of nitrogens with zero attached hydrogens (tertiary/aromatic N) is 2. The summed E-state index contributed by atoms with van der Waals surface area (Å²) in [7, 11) is -2.58. The molecule has 1 N–H and O–H groups in total. The quantitative estimate of drug-likeness (QED) is 0.298. The van der Waals surface area contributed by atoms with Gasteiger partial charge in [-0.15, -0.1) is 0 Å². The Morgan fingerprint density at radius 1 is 1.00 bits per heavy atom. The van der Waals surface area contributed by atoms with Gasteiger partial charge in [-0.3, -0.25) is 13.9 Å². The maximum Gasteiger partial charge on any atom is 0.244 e. The van der Waals surface area contributed by atoms with Crippen molar-refractivity contribution < 1.29 is 22.7 Å². The van der Waals surface area contributed by atoms with Crippen molar-refractivity contribution in [1.29, 1.82) is 0 Å². The van der Waals surface area contributed by atoms with Crippen molar-refractivity contribution in [3.8, 4) is 5.75 Å². The van der Waals surface area contributed by atoms with Crippen LogP contribution in [0.5, 0.6) is 5.75 Å². The molecule has 0 saturated heterocycles. The second-order valence-corrected chi connectivity index (χ2v) is 11.9. The minimum atomic E-state index is -3.98. The van der Waals surface area contributed by atoms with E-state index in [4.69, 9.17) is 27.9 Å². The van der Waals surface area contributed by atoms with Crippen LogP contribution in [-0.2, 0) is 32.6 Å². The highest BCUT2D eigenvalue weighted by Gasteiger charge is 2.34. The molecule has 0 saturated carbocycles. The Morgan fingerprint density at radius 3 is 2.30 bits per heavy atom. The van der Waals surface area contributed by atoms with Gasteiger partial charge in [-0.2, -0.15) is 0 Å². The van der Waals surface area contributed by atoms with E-state index < -0.39 is 28.5 Å². The van der Waals surface area contributed by atoms with E-state index in [0.29, 0.717) is 23.6 Å². The monoisotopic (exact) mass is 605 g/mol. The second kappa shape index (κ2) is 14.4. The molecule has 8 nitrogen and oxygen atoms in total. The molecular weight excluding hydrogens is 573 g/mol. The Labute approximate surface area is 245 Å². The number of ether oxygens (including phenoxy) is 1. The molecule has 0 fully saturated rings. The molecule has 0 bridgehead atoms. The highest BCUT2D eigenvalue weighted by atomic mass is 35.5. The van der Waals surface area contributed by atoms with Crippen LogP contribution in [0.25, 0.3) is 0 Å². The van der Waals surface area contributed by atoms with Gasteiger partial charge in [0.05, 0.1) is 19.1 Å². The molecule has 1 atom stereocenters. The van der Waals surface area contributed by atoms with E-state index in [9.17, 15) is 18.0 Å². The van der Waals surface area contributed by atoms with Crippen molar-refractivity contribution in [3.05, 3.63) is 94.0 Å². The maximum atomic E-state index is 14.1. The van der Waals surface area contributed by atoms with Crippen LogP contribution in [0, 0.1) is 0 Å². The van der Waals surface area contributed by atoms with Crippen molar-refractivity contribution in [2.45, 2.75) is 32.4 Å². The average molecular weight is 607 g/mol. The van der Waals surface area contributed by atoms with Gasteiger partial charge in [0.1, 0.15) is 18.3 Å². The normalized spacial score (nSPS) is 11.9. The Bertz CT molecular complexity index is 1420. The second-order valence-electron chi connectivity index (χ2n) is 9.20. The van der Waals surface area contributed by atoms with Gasteiger partial charge in [-0.25, -0.2) is 8.42 Å². The van der Waals surface area contributed by atoms with Crippen LogP contribution in [0.15, 0.2) is 72.8 Å². The van der Waals surface area contributed by atoms with Gasteiger partial charge in [-0.05, 0) is 41.8 Å². The zero-order chi connectivity index (χ0) is 29.3. The number of hydrogen-bond acceptors (Lipinski definition) is 5. The van der Waals surface area contributed by atoms with Crippen LogP contribution in [0.2, 0.25) is 10.0 Å². The highest BCUT2D eigenvalue weighted by molar-refractivity contribution is 7.92. The number of sulfonamides is 1. The lowest BCUT2D eigenvalue weighted by Gasteiger charge is -2.34. The van der Waals surface area contributed by atoms with Crippen LogP contribution < -0.4 is 14.4 Å². The van der Waals surface area contributed by atoms with Crippen molar-refractivity contribution in [3.63, 3.8) is 0 Å². The molecule has 2 amide bonds. The molecule has 3 aromatic rings. The topological polar surface area (TPSA) is 96.0 Å². The molecule has 0 heterocycles. The van der Waals surface area contributed by atoms with Gasteiger partial charge in [0.2, 0.25) is 21.8 Å². The molecule has 40 heavy (non-hydrogen) atoms. The first kappa shape index (κ1) is 31.3. The number of hydrogen-bond donors (Lipinski definition) is 1. The summed E-state index contributed by atoms with van der Waals surface area (Å²) < 4.78 is 32.2. The van der Waals surface area contributed by atoms with Crippen LogP contribution in [-0.4, -0.2) is 57.6 Å². The third-order valence-corrected chi connectivity index (χ3v) is 7.94. The number of amides is 2. The number of rotatable bonds is 13. The van der Waals surface area contributed by atoms with Gasteiger partial charge < -0.3 is 15.0 Å². The first-order valence-corrected chi connectivity index (χ1v) is 15.3. The number of carbonyl (C=O) groups is 2. The lowest BCUT2D eigenvalue weighted by molar-refractivity contribution is -0.140. The fourth-order valence-electron chi connectivity index (χ4n) is 4.18. The minimum Gasteiger partial charge on any atom is -0.495 e. The number of halogens is 2. The number of anilines is 1. The van der Waals surface area contributed by atoms with Gasteiger partial charge in [0.25, 0.3) is 0 Å². The van der Waals surface area contributed by atoms with E-state index in [-0.39, 0.29) is 35.3 Å². The lowest BCUT2D eigenvalue weighted by Crippen LogP contribution is -2.53. The number of nitrogens with one attached hydrogen (secondary N) is 1. The number of methoxy groups -OCH3 is 1. The van der Waals surface area contributed by atoms with Crippen LogP contribution >= 0.6 is 23.2 Å². The zero-order valence-corrected chi connectivity index (χ0v) is 25.0. The number of carbonyl (C=O) groups excluding carboxylic acids is 2. The number of benzene rings is 3. The summed E-state index contributed by atoms with van der Waals surface area (Å²) in [4.78, 5) is 29.0. The molecule has 11 heteroatoms.